The fourth-order valence-corrected chi connectivity index (χ4v) is 4.51. The summed E-state index contributed by atoms with van der Waals surface area (Å²) in [4.78, 5) is 26.7. The molecule has 29 heavy (non-hydrogen) atoms. The van der Waals surface area contributed by atoms with Gasteiger partial charge in [-0.25, -0.2) is 0 Å². The van der Waals surface area contributed by atoms with E-state index in [1.54, 1.807) is 7.11 Å². The summed E-state index contributed by atoms with van der Waals surface area (Å²) in [5.74, 6) is 0.0134. The predicted octanol–water partition coefficient (Wildman–Crippen LogP) is 3.39. The maximum atomic E-state index is 13.3. The Hall–Kier alpha value is -3.54. The molecular weight excluding hydrogens is 366 g/mol. The largest absolute Gasteiger partial charge is 0.497 e. The molecule has 3 heterocycles. The highest BCUT2D eigenvalue weighted by molar-refractivity contribution is 6.11. The van der Waals surface area contributed by atoms with Crippen LogP contribution in [0.5, 0.6) is 5.75 Å². The first kappa shape index (κ1) is 17.6. The molecule has 1 aromatic heterocycles. The van der Waals surface area contributed by atoms with Crippen molar-refractivity contribution >= 4 is 28.4 Å². The molecule has 2 amide bonds. The van der Waals surface area contributed by atoms with Crippen molar-refractivity contribution in [3.8, 4) is 5.75 Å². The number of rotatable bonds is 2. The van der Waals surface area contributed by atoms with Gasteiger partial charge in [-0.05, 0) is 35.4 Å². The second kappa shape index (κ2) is 6.24. The molecule has 146 valence electrons. The number of nitrogens with one attached hydrogen (secondary N) is 1. The van der Waals surface area contributed by atoms with Gasteiger partial charge in [0.05, 0.1) is 24.7 Å². The van der Waals surface area contributed by atoms with E-state index in [4.69, 9.17) is 4.74 Å². The fraction of sp³-hybridized carbons (Fsp3) is 0.217. The Morgan fingerprint density at radius 2 is 1.93 bits per heavy atom. The Morgan fingerprint density at radius 1 is 1.17 bits per heavy atom. The van der Waals surface area contributed by atoms with E-state index in [0.717, 1.165) is 39.2 Å². The van der Waals surface area contributed by atoms with Gasteiger partial charge in [-0.15, -0.1) is 0 Å². The molecule has 6 nitrogen and oxygen atoms in total. The summed E-state index contributed by atoms with van der Waals surface area (Å²) < 4.78 is 7.39. The molecular formula is C23H21N3O3. The van der Waals surface area contributed by atoms with Gasteiger partial charge < -0.3 is 14.6 Å². The van der Waals surface area contributed by atoms with Crippen LogP contribution < -0.4 is 10.1 Å². The van der Waals surface area contributed by atoms with Crippen molar-refractivity contribution in [1.29, 1.82) is 0 Å². The van der Waals surface area contributed by atoms with Crippen molar-refractivity contribution in [3.63, 3.8) is 0 Å². The quantitative estimate of drug-likeness (QED) is 0.732. The molecule has 0 saturated heterocycles. The lowest BCUT2D eigenvalue weighted by molar-refractivity contribution is -0.139. The Labute approximate surface area is 168 Å². The lowest BCUT2D eigenvalue weighted by atomic mass is 9.84. The number of ether oxygens (including phenoxy) is 1. The first-order valence-electron chi connectivity index (χ1n) is 9.54. The van der Waals surface area contributed by atoms with Crippen molar-refractivity contribution in [2.45, 2.75) is 12.8 Å². The number of benzene rings is 2. The summed E-state index contributed by atoms with van der Waals surface area (Å²) in [6, 6.07) is 13.9. The third-order valence-corrected chi connectivity index (χ3v) is 5.88. The van der Waals surface area contributed by atoms with Gasteiger partial charge in [0.2, 0.25) is 5.91 Å². The van der Waals surface area contributed by atoms with E-state index in [9.17, 15) is 9.59 Å². The number of aryl methyl sites for hydroxylation is 1. The van der Waals surface area contributed by atoms with Crippen LogP contribution in [0.4, 0.5) is 5.69 Å². The normalized spacial score (nSPS) is 18.0. The average Bonchev–Trinajstić information content (AvgIpc) is 3.17. The van der Waals surface area contributed by atoms with Gasteiger partial charge in [0.1, 0.15) is 5.75 Å². The van der Waals surface area contributed by atoms with Crippen LogP contribution in [0.25, 0.3) is 10.9 Å². The molecule has 2 aromatic carbocycles. The van der Waals surface area contributed by atoms with Crippen molar-refractivity contribution in [2.75, 3.05) is 19.0 Å². The van der Waals surface area contributed by atoms with Crippen LogP contribution in [0.3, 0.4) is 0 Å². The van der Waals surface area contributed by atoms with Crippen molar-refractivity contribution in [1.82, 2.24) is 9.47 Å². The SMILES string of the molecule is COc1ccc([C@H]2C3=C(CN(C(C)=O)C3=O)Nc3cccc4c3c2cn4C)cc1. The van der Waals surface area contributed by atoms with E-state index in [1.807, 2.05) is 43.4 Å². The maximum absolute atomic E-state index is 13.3. The molecule has 0 aliphatic carbocycles. The summed E-state index contributed by atoms with van der Waals surface area (Å²) in [7, 11) is 3.64. The minimum atomic E-state index is -0.271. The van der Waals surface area contributed by atoms with E-state index >= 15 is 0 Å². The number of carbonyl (C=O) groups excluding carboxylic acids is 2. The zero-order valence-electron chi connectivity index (χ0n) is 16.5. The molecule has 2 aliphatic rings. The lowest BCUT2D eigenvalue weighted by Gasteiger charge is -2.19. The third kappa shape index (κ3) is 2.49. The molecule has 3 aromatic rings. The lowest BCUT2D eigenvalue weighted by Crippen LogP contribution is -2.33. The van der Waals surface area contributed by atoms with Gasteiger partial charge in [0.15, 0.2) is 0 Å². The van der Waals surface area contributed by atoms with E-state index < -0.39 is 0 Å². The highest BCUT2D eigenvalue weighted by Gasteiger charge is 2.41. The Morgan fingerprint density at radius 3 is 2.62 bits per heavy atom. The molecule has 2 aliphatic heterocycles. The standard InChI is InChI=1S/C23H21N3O3/c1-13(27)26-12-18-22(23(26)28)20(14-7-9-15(29-3)10-8-14)16-11-25(2)19-6-4-5-17(24-18)21(16)19/h4-11,20,24H,12H2,1-3H3/t20-/m1/s1. The van der Waals surface area contributed by atoms with Gasteiger partial charge in [0, 0.05) is 42.9 Å². The molecule has 0 fully saturated rings. The first-order valence-corrected chi connectivity index (χ1v) is 9.54. The zero-order chi connectivity index (χ0) is 20.3. The van der Waals surface area contributed by atoms with Gasteiger partial charge in [-0.2, -0.15) is 0 Å². The molecule has 6 heteroatoms. The van der Waals surface area contributed by atoms with Crippen LogP contribution in [0, 0.1) is 0 Å². The van der Waals surface area contributed by atoms with Gasteiger partial charge in [-0.1, -0.05) is 18.2 Å². The number of nitrogens with zero attached hydrogens (tertiary/aromatic N) is 2. The summed E-state index contributed by atoms with van der Waals surface area (Å²) in [6.45, 7) is 1.70. The number of hydrogen-bond donors (Lipinski definition) is 1. The molecule has 0 saturated carbocycles. The van der Waals surface area contributed by atoms with E-state index in [-0.39, 0.29) is 24.3 Å². The number of hydrogen-bond acceptors (Lipinski definition) is 4. The zero-order valence-corrected chi connectivity index (χ0v) is 16.5. The summed E-state index contributed by atoms with van der Waals surface area (Å²) in [5, 5.41) is 4.57. The minimum absolute atomic E-state index is 0.231. The van der Waals surface area contributed by atoms with Crippen LogP contribution in [0.15, 0.2) is 59.9 Å². The Balaban J connectivity index is 1.78. The number of aromatic nitrogens is 1. The summed E-state index contributed by atoms with van der Waals surface area (Å²) in [6.07, 6.45) is 2.09. The predicted molar refractivity (Wildman–Crippen MR) is 111 cm³/mol. The van der Waals surface area contributed by atoms with Crippen LogP contribution in [-0.2, 0) is 16.6 Å². The number of amides is 2. The maximum Gasteiger partial charge on any atom is 0.259 e. The van der Waals surface area contributed by atoms with E-state index in [0.29, 0.717) is 5.57 Å². The second-order valence-corrected chi connectivity index (χ2v) is 7.53. The van der Waals surface area contributed by atoms with Crippen molar-refractivity contribution in [3.05, 3.63) is 71.1 Å². The molecule has 5 rings (SSSR count). The number of imide groups is 1. The third-order valence-electron chi connectivity index (χ3n) is 5.88. The van der Waals surface area contributed by atoms with Crippen LogP contribution in [0.2, 0.25) is 0 Å². The molecule has 1 atom stereocenters. The van der Waals surface area contributed by atoms with Gasteiger partial charge in [-0.3, -0.25) is 14.5 Å². The highest BCUT2D eigenvalue weighted by Crippen LogP contribution is 2.46. The van der Waals surface area contributed by atoms with E-state index in [2.05, 4.69) is 22.1 Å². The van der Waals surface area contributed by atoms with Crippen LogP contribution in [-0.4, -0.2) is 34.9 Å². The molecule has 0 bridgehead atoms. The number of anilines is 1. The summed E-state index contributed by atoms with van der Waals surface area (Å²) >= 11 is 0. The van der Waals surface area contributed by atoms with Gasteiger partial charge >= 0.3 is 0 Å². The molecule has 0 spiro atoms. The smallest absolute Gasteiger partial charge is 0.259 e. The van der Waals surface area contributed by atoms with Crippen molar-refractivity contribution in [2.24, 2.45) is 7.05 Å². The second-order valence-electron chi connectivity index (χ2n) is 7.53. The average molecular weight is 387 g/mol. The Bertz CT molecular complexity index is 1200. The van der Waals surface area contributed by atoms with Crippen LogP contribution >= 0.6 is 0 Å². The molecule has 1 N–H and O–H groups in total. The monoisotopic (exact) mass is 387 g/mol. The molecule has 0 unspecified atom stereocenters. The van der Waals surface area contributed by atoms with Gasteiger partial charge in [0.25, 0.3) is 5.91 Å². The van der Waals surface area contributed by atoms with E-state index in [1.165, 1.54) is 11.8 Å². The molecule has 0 radical (unpaired) electrons. The first-order chi connectivity index (χ1) is 14.0. The summed E-state index contributed by atoms with van der Waals surface area (Å²) in [5.41, 5.74) is 5.52. The number of methoxy groups -OCH3 is 1. The highest BCUT2D eigenvalue weighted by atomic mass is 16.5. The van der Waals surface area contributed by atoms with Crippen molar-refractivity contribution < 1.29 is 14.3 Å². The minimum Gasteiger partial charge on any atom is -0.497 e. The number of carbonyl (C=O) groups is 2. The fourth-order valence-electron chi connectivity index (χ4n) is 4.51. The van der Waals surface area contributed by atoms with Crippen LogP contribution in [0.1, 0.15) is 24.0 Å². The topological polar surface area (TPSA) is 63.6 Å². The Kier molecular flexibility index (Phi) is 3.77.